The lowest BCUT2D eigenvalue weighted by atomic mass is 10.1. The van der Waals surface area contributed by atoms with Gasteiger partial charge in [-0.2, -0.15) is 0 Å². The van der Waals surface area contributed by atoms with Gasteiger partial charge in [0.2, 0.25) is 5.91 Å². The van der Waals surface area contributed by atoms with Crippen LogP contribution in [-0.4, -0.2) is 66.9 Å². The van der Waals surface area contributed by atoms with Crippen molar-refractivity contribution in [2.24, 2.45) is 5.92 Å². The molecule has 1 aliphatic carbocycles. The number of carbonyl (C=O) groups excluding carboxylic acids is 1. The highest BCUT2D eigenvalue weighted by Gasteiger charge is 2.35. The molecular formula is C19H29N3O. The molecule has 0 radical (unpaired) electrons. The fraction of sp³-hybridized carbons (Fsp3) is 0.632. The van der Waals surface area contributed by atoms with Gasteiger partial charge >= 0.3 is 0 Å². The topological polar surface area (TPSA) is 26.8 Å². The van der Waals surface area contributed by atoms with Gasteiger partial charge in [0.1, 0.15) is 0 Å². The molecule has 1 amide bonds. The molecule has 1 saturated heterocycles. The van der Waals surface area contributed by atoms with E-state index in [1.807, 2.05) is 30.1 Å². The quantitative estimate of drug-likeness (QED) is 0.851. The Morgan fingerprint density at radius 2 is 1.83 bits per heavy atom. The Morgan fingerprint density at radius 1 is 1.13 bits per heavy atom. The largest absolute Gasteiger partial charge is 0.341 e. The van der Waals surface area contributed by atoms with Crippen molar-refractivity contribution in [2.45, 2.75) is 31.8 Å². The van der Waals surface area contributed by atoms with Crippen molar-refractivity contribution in [3.63, 3.8) is 0 Å². The Balaban J connectivity index is 1.51. The standard InChI is InChI=1S/C19H29N3O/c1-20-10-12-22(13-11-20)18-9-8-17(14-18)19(23)21(2)15-16-6-4-3-5-7-16/h3-7,17-18H,8-15H2,1-2H3. The minimum atomic E-state index is 0.216. The summed E-state index contributed by atoms with van der Waals surface area (Å²) in [4.78, 5) is 19.6. The number of piperazine rings is 1. The molecule has 0 aromatic heterocycles. The summed E-state index contributed by atoms with van der Waals surface area (Å²) in [5.74, 6) is 0.541. The van der Waals surface area contributed by atoms with Crippen molar-refractivity contribution in [1.29, 1.82) is 0 Å². The fourth-order valence-electron chi connectivity index (χ4n) is 3.95. The molecule has 1 aliphatic heterocycles. The normalized spacial score (nSPS) is 26.3. The summed E-state index contributed by atoms with van der Waals surface area (Å²) in [6.07, 6.45) is 3.27. The second-order valence-corrected chi connectivity index (χ2v) is 7.18. The van der Waals surface area contributed by atoms with Crippen LogP contribution in [0.4, 0.5) is 0 Å². The van der Waals surface area contributed by atoms with E-state index in [1.165, 1.54) is 12.0 Å². The second kappa shape index (κ2) is 7.45. The molecule has 23 heavy (non-hydrogen) atoms. The van der Waals surface area contributed by atoms with E-state index in [-0.39, 0.29) is 5.92 Å². The number of likely N-dealkylation sites (N-methyl/N-ethyl adjacent to an activating group) is 1. The van der Waals surface area contributed by atoms with Gasteiger partial charge in [-0.1, -0.05) is 30.3 Å². The van der Waals surface area contributed by atoms with Crippen molar-refractivity contribution < 1.29 is 4.79 Å². The molecule has 3 rings (SSSR count). The Kier molecular flexibility index (Phi) is 5.34. The van der Waals surface area contributed by atoms with Crippen LogP contribution in [0.5, 0.6) is 0 Å². The van der Waals surface area contributed by atoms with Crippen molar-refractivity contribution in [3.05, 3.63) is 35.9 Å². The van der Waals surface area contributed by atoms with E-state index < -0.39 is 0 Å². The summed E-state index contributed by atoms with van der Waals surface area (Å²) in [6, 6.07) is 10.9. The first kappa shape index (κ1) is 16.5. The Labute approximate surface area is 140 Å². The summed E-state index contributed by atoms with van der Waals surface area (Å²) in [7, 11) is 4.13. The van der Waals surface area contributed by atoms with Gasteiger partial charge in [-0.3, -0.25) is 9.69 Å². The van der Waals surface area contributed by atoms with Crippen LogP contribution in [0.15, 0.2) is 30.3 Å². The number of amides is 1. The summed E-state index contributed by atoms with van der Waals surface area (Å²) < 4.78 is 0. The molecule has 1 saturated carbocycles. The molecule has 4 nitrogen and oxygen atoms in total. The van der Waals surface area contributed by atoms with Crippen LogP contribution in [0.1, 0.15) is 24.8 Å². The van der Waals surface area contributed by atoms with E-state index in [1.54, 1.807) is 0 Å². The number of hydrogen-bond donors (Lipinski definition) is 0. The van der Waals surface area contributed by atoms with E-state index in [4.69, 9.17) is 0 Å². The van der Waals surface area contributed by atoms with Crippen molar-refractivity contribution in [2.75, 3.05) is 40.3 Å². The van der Waals surface area contributed by atoms with Crippen LogP contribution in [0.25, 0.3) is 0 Å². The maximum atomic E-state index is 12.7. The molecule has 1 heterocycles. The minimum absolute atomic E-state index is 0.216. The highest BCUT2D eigenvalue weighted by molar-refractivity contribution is 5.79. The van der Waals surface area contributed by atoms with Crippen LogP contribution in [0, 0.1) is 5.92 Å². The zero-order valence-electron chi connectivity index (χ0n) is 14.4. The minimum Gasteiger partial charge on any atom is -0.341 e. The highest BCUT2D eigenvalue weighted by atomic mass is 16.2. The molecule has 1 aromatic rings. The molecular weight excluding hydrogens is 286 g/mol. The van der Waals surface area contributed by atoms with Crippen LogP contribution in [-0.2, 0) is 11.3 Å². The molecule has 2 fully saturated rings. The maximum absolute atomic E-state index is 12.7. The number of benzene rings is 1. The lowest BCUT2D eigenvalue weighted by Crippen LogP contribution is -2.48. The molecule has 0 bridgehead atoms. The predicted octanol–water partition coefficient (Wildman–Crippen LogP) is 2.06. The number of carbonyl (C=O) groups is 1. The van der Waals surface area contributed by atoms with Crippen LogP contribution in [0.2, 0.25) is 0 Å². The number of nitrogens with zero attached hydrogens (tertiary/aromatic N) is 3. The fourth-order valence-corrected chi connectivity index (χ4v) is 3.95. The molecule has 2 unspecified atom stereocenters. The Bertz CT molecular complexity index is 511. The van der Waals surface area contributed by atoms with E-state index >= 15 is 0 Å². The third-order valence-corrected chi connectivity index (χ3v) is 5.45. The van der Waals surface area contributed by atoms with E-state index in [0.29, 0.717) is 11.9 Å². The lowest BCUT2D eigenvalue weighted by Gasteiger charge is -2.36. The SMILES string of the molecule is CN1CCN(C2CCC(C(=O)N(C)Cc3ccccc3)C2)CC1. The third-order valence-electron chi connectivity index (χ3n) is 5.45. The highest BCUT2D eigenvalue weighted by Crippen LogP contribution is 2.31. The average molecular weight is 315 g/mol. The molecule has 2 atom stereocenters. The average Bonchev–Trinajstić information content (AvgIpc) is 3.05. The van der Waals surface area contributed by atoms with Gasteiger partial charge in [0, 0.05) is 51.7 Å². The molecule has 1 aromatic carbocycles. The predicted molar refractivity (Wildman–Crippen MR) is 93.1 cm³/mol. The van der Waals surface area contributed by atoms with E-state index in [2.05, 4.69) is 29.0 Å². The van der Waals surface area contributed by atoms with Gasteiger partial charge in [0.05, 0.1) is 0 Å². The van der Waals surface area contributed by atoms with Crippen LogP contribution < -0.4 is 0 Å². The van der Waals surface area contributed by atoms with Gasteiger partial charge in [0.15, 0.2) is 0 Å². The number of rotatable bonds is 4. The first-order valence-electron chi connectivity index (χ1n) is 8.85. The summed E-state index contributed by atoms with van der Waals surface area (Å²) in [5.41, 5.74) is 1.21. The second-order valence-electron chi connectivity index (χ2n) is 7.18. The van der Waals surface area contributed by atoms with Crippen molar-refractivity contribution in [3.8, 4) is 0 Å². The maximum Gasteiger partial charge on any atom is 0.225 e. The van der Waals surface area contributed by atoms with Gasteiger partial charge in [-0.05, 0) is 31.9 Å². The molecule has 2 aliphatic rings. The monoisotopic (exact) mass is 315 g/mol. The first-order chi connectivity index (χ1) is 11.1. The summed E-state index contributed by atoms with van der Waals surface area (Å²) in [5, 5.41) is 0. The van der Waals surface area contributed by atoms with E-state index in [0.717, 1.165) is 45.6 Å². The van der Waals surface area contributed by atoms with Crippen molar-refractivity contribution in [1.82, 2.24) is 14.7 Å². The first-order valence-corrected chi connectivity index (χ1v) is 8.85. The van der Waals surface area contributed by atoms with Gasteiger partial charge in [0.25, 0.3) is 0 Å². The zero-order chi connectivity index (χ0) is 16.2. The van der Waals surface area contributed by atoms with Gasteiger partial charge < -0.3 is 9.80 Å². The zero-order valence-corrected chi connectivity index (χ0v) is 14.4. The lowest BCUT2D eigenvalue weighted by molar-refractivity contribution is -0.134. The third kappa shape index (κ3) is 4.12. The Hall–Kier alpha value is -1.39. The van der Waals surface area contributed by atoms with Crippen LogP contribution in [0.3, 0.4) is 0 Å². The molecule has 126 valence electrons. The smallest absolute Gasteiger partial charge is 0.225 e. The van der Waals surface area contributed by atoms with E-state index in [9.17, 15) is 4.79 Å². The van der Waals surface area contributed by atoms with Gasteiger partial charge in [-0.15, -0.1) is 0 Å². The summed E-state index contributed by atoms with van der Waals surface area (Å²) >= 11 is 0. The molecule has 4 heteroatoms. The number of hydrogen-bond acceptors (Lipinski definition) is 3. The summed E-state index contributed by atoms with van der Waals surface area (Å²) in [6.45, 7) is 5.34. The molecule has 0 spiro atoms. The molecule has 0 N–H and O–H groups in total. The Morgan fingerprint density at radius 3 is 2.52 bits per heavy atom. The van der Waals surface area contributed by atoms with Crippen LogP contribution >= 0.6 is 0 Å². The van der Waals surface area contributed by atoms with Gasteiger partial charge in [-0.25, -0.2) is 0 Å². The van der Waals surface area contributed by atoms with Crippen molar-refractivity contribution >= 4 is 5.91 Å².